The summed E-state index contributed by atoms with van der Waals surface area (Å²) < 4.78 is 0. The number of hydrogen-bond acceptors (Lipinski definition) is 3. The third-order valence-corrected chi connectivity index (χ3v) is 2.15. The van der Waals surface area contributed by atoms with E-state index in [9.17, 15) is 5.11 Å². The molecule has 1 rings (SSSR count). The molecule has 0 aliphatic carbocycles. The van der Waals surface area contributed by atoms with Crippen molar-refractivity contribution in [3.8, 4) is 0 Å². The molecule has 0 aromatic rings. The number of piperidine rings is 1. The van der Waals surface area contributed by atoms with E-state index >= 15 is 0 Å². The zero-order chi connectivity index (χ0) is 7.56. The molecule has 3 nitrogen and oxygen atoms in total. The summed E-state index contributed by atoms with van der Waals surface area (Å²) in [5, 5.41) is 11.0. The lowest BCUT2D eigenvalue weighted by Crippen LogP contribution is -2.49. The van der Waals surface area contributed by atoms with Gasteiger partial charge in [0.05, 0.1) is 6.10 Å². The van der Waals surface area contributed by atoms with Gasteiger partial charge in [-0.15, -0.1) is 0 Å². The van der Waals surface area contributed by atoms with Crippen LogP contribution in [0.2, 0.25) is 0 Å². The highest BCUT2D eigenvalue weighted by molar-refractivity contribution is 4.76. The molecule has 1 saturated heterocycles. The number of hydrogen-bond donors (Lipinski definition) is 2. The molecule has 3 N–H and O–H groups in total. The second-order valence-electron chi connectivity index (χ2n) is 3.04. The van der Waals surface area contributed by atoms with Crippen LogP contribution in [0.3, 0.4) is 0 Å². The third kappa shape index (κ3) is 1.68. The third-order valence-electron chi connectivity index (χ3n) is 2.15. The van der Waals surface area contributed by atoms with E-state index in [0.717, 1.165) is 13.0 Å². The minimum atomic E-state index is -0.287. The summed E-state index contributed by atoms with van der Waals surface area (Å²) in [5.41, 5.74) is 0. The van der Waals surface area contributed by atoms with Crippen molar-refractivity contribution >= 4 is 0 Å². The van der Waals surface area contributed by atoms with Gasteiger partial charge >= 0.3 is 0 Å². The Kier molecular flexibility index (Phi) is 2.65. The Labute approximate surface area is 61.8 Å². The number of nitrogens with zero attached hydrogens (tertiary/aromatic N) is 1. The highest BCUT2D eigenvalue weighted by atomic mass is 16.3. The van der Waals surface area contributed by atoms with Gasteiger partial charge in [-0.1, -0.05) is 6.42 Å². The van der Waals surface area contributed by atoms with Gasteiger partial charge in [0.1, 0.15) is 0 Å². The largest absolute Gasteiger partial charge is 0.392 e. The van der Waals surface area contributed by atoms with E-state index in [2.05, 4.69) is 0 Å². The number of nitrogens with two attached hydrogens (primary N) is 1. The van der Waals surface area contributed by atoms with Crippen molar-refractivity contribution in [3.05, 3.63) is 0 Å². The fourth-order valence-electron chi connectivity index (χ4n) is 1.50. The van der Waals surface area contributed by atoms with Crippen molar-refractivity contribution in [1.82, 2.24) is 5.01 Å². The van der Waals surface area contributed by atoms with Crippen LogP contribution in [0.4, 0.5) is 0 Å². The van der Waals surface area contributed by atoms with Crippen molar-refractivity contribution in [3.63, 3.8) is 0 Å². The van der Waals surface area contributed by atoms with Crippen LogP contribution in [0.5, 0.6) is 0 Å². The summed E-state index contributed by atoms with van der Waals surface area (Å²) in [6.45, 7) is 2.73. The highest BCUT2D eigenvalue weighted by Gasteiger charge is 2.23. The number of rotatable bonds is 1. The SMILES string of the molecule is C[C@@H](O)[C@H]1CCCCN1N. The number of hydrazine groups is 1. The molecule has 0 amide bonds. The van der Waals surface area contributed by atoms with Gasteiger partial charge in [-0.05, 0) is 19.8 Å². The topological polar surface area (TPSA) is 49.5 Å². The van der Waals surface area contributed by atoms with Gasteiger partial charge in [0, 0.05) is 12.6 Å². The Morgan fingerprint density at radius 2 is 2.30 bits per heavy atom. The average Bonchev–Trinajstić information content (AvgIpc) is 1.88. The van der Waals surface area contributed by atoms with Gasteiger partial charge < -0.3 is 5.11 Å². The predicted octanol–water partition coefficient (Wildman–Crippen LogP) is 0.0954. The Balaban J connectivity index is 2.40. The van der Waals surface area contributed by atoms with Crippen LogP contribution in [0.25, 0.3) is 0 Å². The Bertz CT molecular complexity index is 106. The average molecular weight is 144 g/mol. The Morgan fingerprint density at radius 3 is 2.70 bits per heavy atom. The van der Waals surface area contributed by atoms with Crippen LogP contribution in [-0.4, -0.2) is 28.8 Å². The molecule has 0 aromatic heterocycles. The van der Waals surface area contributed by atoms with Crippen LogP contribution in [-0.2, 0) is 0 Å². The molecule has 1 aliphatic rings. The molecule has 2 atom stereocenters. The van der Waals surface area contributed by atoms with Crippen LogP contribution in [0.15, 0.2) is 0 Å². The fourth-order valence-corrected chi connectivity index (χ4v) is 1.50. The maximum atomic E-state index is 9.23. The van der Waals surface area contributed by atoms with E-state index < -0.39 is 0 Å². The van der Waals surface area contributed by atoms with E-state index in [0.29, 0.717) is 0 Å². The molecule has 0 bridgehead atoms. The van der Waals surface area contributed by atoms with Crippen molar-refractivity contribution in [2.24, 2.45) is 5.84 Å². The van der Waals surface area contributed by atoms with Crippen molar-refractivity contribution < 1.29 is 5.11 Å². The summed E-state index contributed by atoms with van der Waals surface area (Å²) in [6, 6.07) is 0.189. The van der Waals surface area contributed by atoms with Crippen molar-refractivity contribution in [2.75, 3.05) is 6.54 Å². The molecule has 3 heteroatoms. The second-order valence-corrected chi connectivity index (χ2v) is 3.04. The van der Waals surface area contributed by atoms with Gasteiger partial charge in [0.25, 0.3) is 0 Å². The summed E-state index contributed by atoms with van der Waals surface area (Å²) in [4.78, 5) is 0. The number of aliphatic hydroxyl groups is 1. The van der Waals surface area contributed by atoms with Crippen molar-refractivity contribution in [2.45, 2.75) is 38.3 Å². The van der Waals surface area contributed by atoms with Crippen LogP contribution in [0, 0.1) is 0 Å². The fraction of sp³-hybridized carbons (Fsp3) is 1.00. The van der Waals surface area contributed by atoms with E-state index in [1.165, 1.54) is 12.8 Å². The van der Waals surface area contributed by atoms with Gasteiger partial charge in [-0.2, -0.15) is 0 Å². The molecule has 1 heterocycles. The summed E-state index contributed by atoms with van der Waals surface area (Å²) >= 11 is 0. The first-order chi connectivity index (χ1) is 4.72. The molecule has 0 unspecified atom stereocenters. The first-order valence-corrected chi connectivity index (χ1v) is 3.91. The molecular formula is C7H16N2O. The first kappa shape index (κ1) is 7.98. The molecule has 0 saturated carbocycles. The minimum Gasteiger partial charge on any atom is -0.392 e. The minimum absolute atomic E-state index is 0.189. The van der Waals surface area contributed by atoms with E-state index in [-0.39, 0.29) is 12.1 Å². The van der Waals surface area contributed by atoms with Gasteiger partial charge in [-0.25, -0.2) is 5.01 Å². The van der Waals surface area contributed by atoms with Gasteiger partial charge in [0.2, 0.25) is 0 Å². The lowest BCUT2D eigenvalue weighted by atomic mass is 10.0. The molecular weight excluding hydrogens is 128 g/mol. The van der Waals surface area contributed by atoms with Crippen LogP contribution >= 0.6 is 0 Å². The quantitative estimate of drug-likeness (QED) is 0.513. The normalized spacial score (nSPS) is 32.1. The van der Waals surface area contributed by atoms with Crippen LogP contribution < -0.4 is 5.84 Å². The molecule has 1 aliphatic heterocycles. The Morgan fingerprint density at radius 1 is 1.60 bits per heavy atom. The number of aliphatic hydroxyl groups excluding tert-OH is 1. The van der Waals surface area contributed by atoms with Crippen molar-refractivity contribution in [1.29, 1.82) is 0 Å². The molecule has 0 aromatic carbocycles. The molecule has 60 valence electrons. The highest BCUT2D eigenvalue weighted by Crippen LogP contribution is 2.15. The standard InChI is InChI=1S/C7H16N2O/c1-6(10)7-4-2-3-5-9(7)8/h6-7,10H,2-5,8H2,1H3/t6-,7-/m1/s1. The zero-order valence-electron chi connectivity index (χ0n) is 6.45. The monoisotopic (exact) mass is 144 g/mol. The van der Waals surface area contributed by atoms with E-state index in [4.69, 9.17) is 5.84 Å². The summed E-state index contributed by atoms with van der Waals surface area (Å²) in [6.07, 6.45) is 3.11. The smallest absolute Gasteiger partial charge is 0.0681 e. The summed E-state index contributed by atoms with van der Waals surface area (Å²) in [7, 11) is 0. The maximum Gasteiger partial charge on any atom is 0.0681 e. The van der Waals surface area contributed by atoms with E-state index in [1.54, 1.807) is 11.9 Å². The van der Waals surface area contributed by atoms with Gasteiger partial charge in [0.15, 0.2) is 0 Å². The van der Waals surface area contributed by atoms with Crippen LogP contribution in [0.1, 0.15) is 26.2 Å². The first-order valence-electron chi connectivity index (χ1n) is 3.91. The Hall–Kier alpha value is -0.120. The summed E-state index contributed by atoms with van der Waals surface area (Å²) in [5.74, 6) is 5.65. The molecule has 0 radical (unpaired) electrons. The van der Waals surface area contributed by atoms with E-state index in [1.807, 2.05) is 0 Å². The molecule has 1 fully saturated rings. The maximum absolute atomic E-state index is 9.23. The lowest BCUT2D eigenvalue weighted by molar-refractivity contribution is 0.0364. The zero-order valence-corrected chi connectivity index (χ0v) is 6.45. The lowest BCUT2D eigenvalue weighted by Gasteiger charge is -2.33. The van der Waals surface area contributed by atoms with Gasteiger partial charge in [-0.3, -0.25) is 5.84 Å². The second kappa shape index (κ2) is 3.32. The molecule has 0 spiro atoms. The predicted molar refractivity (Wildman–Crippen MR) is 40.2 cm³/mol. The molecule has 10 heavy (non-hydrogen) atoms.